The first kappa shape index (κ1) is 16.4. The van der Waals surface area contributed by atoms with Gasteiger partial charge in [-0.2, -0.15) is 5.10 Å². The predicted molar refractivity (Wildman–Crippen MR) is 93.0 cm³/mol. The van der Waals surface area contributed by atoms with Crippen molar-refractivity contribution in [1.29, 1.82) is 0 Å². The predicted octanol–water partition coefficient (Wildman–Crippen LogP) is -0.193. The zero-order valence-corrected chi connectivity index (χ0v) is 14.1. The van der Waals surface area contributed by atoms with Crippen LogP contribution in [0.15, 0.2) is 17.5 Å². The summed E-state index contributed by atoms with van der Waals surface area (Å²) in [6.45, 7) is 5.60. The summed E-state index contributed by atoms with van der Waals surface area (Å²) in [5, 5.41) is 21.4. The smallest absolute Gasteiger partial charge is 0.194 e. The van der Waals surface area contributed by atoms with Gasteiger partial charge >= 0.3 is 0 Å². The minimum atomic E-state index is -0.258. The maximum Gasteiger partial charge on any atom is 0.194 e. The van der Waals surface area contributed by atoms with E-state index in [1.54, 1.807) is 10.9 Å². The molecule has 2 aromatic rings. The SMILES string of the molecule is CCNC(=NCCNc1ncnc2c1cnn2C)N1CC[C@@H](O)C1. The van der Waals surface area contributed by atoms with Crippen molar-refractivity contribution in [2.75, 3.05) is 38.0 Å². The molecule has 1 fully saturated rings. The lowest BCUT2D eigenvalue weighted by molar-refractivity contribution is 0.188. The molecule has 1 aliphatic rings. The summed E-state index contributed by atoms with van der Waals surface area (Å²) >= 11 is 0. The Morgan fingerprint density at radius 3 is 3.08 bits per heavy atom. The van der Waals surface area contributed by atoms with Gasteiger partial charge in [-0.15, -0.1) is 0 Å². The first-order valence-electron chi connectivity index (χ1n) is 8.27. The van der Waals surface area contributed by atoms with Gasteiger partial charge in [0.2, 0.25) is 0 Å². The molecule has 1 atom stereocenters. The molecule has 0 amide bonds. The van der Waals surface area contributed by atoms with Crippen molar-refractivity contribution in [2.24, 2.45) is 12.0 Å². The molecule has 9 heteroatoms. The van der Waals surface area contributed by atoms with Crippen LogP contribution in [0.2, 0.25) is 0 Å². The van der Waals surface area contributed by atoms with E-state index in [2.05, 4.69) is 35.6 Å². The second kappa shape index (κ2) is 7.43. The van der Waals surface area contributed by atoms with E-state index in [4.69, 9.17) is 0 Å². The number of aromatic nitrogens is 4. The lowest BCUT2D eigenvalue weighted by atomic mass is 10.3. The van der Waals surface area contributed by atoms with Crippen molar-refractivity contribution in [3.05, 3.63) is 12.5 Å². The highest BCUT2D eigenvalue weighted by atomic mass is 16.3. The first-order valence-corrected chi connectivity index (χ1v) is 8.27. The van der Waals surface area contributed by atoms with Gasteiger partial charge in [-0.25, -0.2) is 9.97 Å². The topological polar surface area (TPSA) is 103 Å². The minimum absolute atomic E-state index is 0.258. The normalized spacial score (nSPS) is 18.4. The Hall–Kier alpha value is -2.42. The van der Waals surface area contributed by atoms with Crippen molar-refractivity contribution >= 4 is 22.8 Å². The molecular weight excluding hydrogens is 308 g/mol. The van der Waals surface area contributed by atoms with Crippen molar-refractivity contribution < 1.29 is 5.11 Å². The number of fused-ring (bicyclic) bond motifs is 1. The van der Waals surface area contributed by atoms with Crippen LogP contribution in [0, 0.1) is 0 Å². The average Bonchev–Trinajstić information content (AvgIpc) is 3.17. The molecule has 24 heavy (non-hydrogen) atoms. The molecule has 0 radical (unpaired) electrons. The van der Waals surface area contributed by atoms with Crippen LogP contribution in [0.1, 0.15) is 13.3 Å². The van der Waals surface area contributed by atoms with Gasteiger partial charge in [0.05, 0.1) is 24.2 Å². The lowest BCUT2D eigenvalue weighted by Gasteiger charge is -2.20. The number of guanidine groups is 1. The van der Waals surface area contributed by atoms with E-state index in [0.717, 1.165) is 42.3 Å². The summed E-state index contributed by atoms with van der Waals surface area (Å²) in [5.41, 5.74) is 0.801. The summed E-state index contributed by atoms with van der Waals surface area (Å²) in [4.78, 5) is 15.2. The zero-order valence-electron chi connectivity index (χ0n) is 14.1. The Morgan fingerprint density at radius 2 is 2.33 bits per heavy atom. The molecule has 0 aliphatic carbocycles. The van der Waals surface area contributed by atoms with Gasteiger partial charge in [0.15, 0.2) is 11.6 Å². The monoisotopic (exact) mass is 332 g/mol. The maximum atomic E-state index is 9.68. The van der Waals surface area contributed by atoms with Gasteiger partial charge in [-0.1, -0.05) is 0 Å². The number of rotatable bonds is 5. The van der Waals surface area contributed by atoms with E-state index in [0.29, 0.717) is 19.6 Å². The number of nitrogens with one attached hydrogen (secondary N) is 2. The molecule has 0 spiro atoms. The Morgan fingerprint density at radius 1 is 1.46 bits per heavy atom. The fourth-order valence-corrected chi connectivity index (χ4v) is 2.80. The van der Waals surface area contributed by atoms with Crippen LogP contribution >= 0.6 is 0 Å². The minimum Gasteiger partial charge on any atom is -0.391 e. The maximum absolute atomic E-state index is 9.68. The fraction of sp³-hybridized carbons (Fsp3) is 0.600. The van der Waals surface area contributed by atoms with Gasteiger partial charge in [0.25, 0.3) is 0 Å². The van der Waals surface area contributed by atoms with Gasteiger partial charge in [0, 0.05) is 33.2 Å². The third-order valence-corrected chi connectivity index (χ3v) is 3.99. The largest absolute Gasteiger partial charge is 0.391 e. The average molecular weight is 332 g/mol. The van der Waals surface area contributed by atoms with E-state index in [9.17, 15) is 5.11 Å². The molecule has 3 N–H and O–H groups in total. The molecule has 130 valence electrons. The number of aliphatic imine (C=N–C) groups is 1. The molecule has 3 rings (SSSR count). The van der Waals surface area contributed by atoms with E-state index < -0.39 is 0 Å². The van der Waals surface area contributed by atoms with Crippen LogP contribution in [-0.2, 0) is 7.05 Å². The van der Waals surface area contributed by atoms with Crippen molar-refractivity contribution in [1.82, 2.24) is 30.0 Å². The second-order valence-corrected chi connectivity index (χ2v) is 5.78. The van der Waals surface area contributed by atoms with Gasteiger partial charge in [-0.3, -0.25) is 9.67 Å². The molecule has 0 bridgehead atoms. The van der Waals surface area contributed by atoms with E-state index in [1.165, 1.54) is 6.33 Å². The molecule has 9 nitrogen and oxygen atoms in total. The third-order valence-electron chi connectivity index (χ3n) is 3.99. The van der Waals surface area contributed by atoms with Crippen molar-refractivity contribution in [3.8, 4) is 0 Å². The summed E-state index contributed by atoms with van der Waals surface area (Å²) in [6, 6.07) is 0. The quantitative estimate of drug-likeness (QED) is 0.396. The number of likely N-dealkylation sites (tertiary alicyclic amines) is 1. The highest BCUT2D eigenvalue weighted by Crippen LogP contribution is 2.17. The van der Waals surface area contributed by atoms with Gasteiger partial charge < -0.3 is 20.6 Å². The second-order valence-electron chi connectivity index (χ2n) is 5.78. The van der Waals surface area contributed by atoms with Gasteiger partial charge in [-0.05, 0) is 13.3 Å². The van der Waals surface area contributed by atoms with Gasteiger partial charge in [0.1, 0.15) is 12.1 Å². The molecule has 0 unspecified atom stereocenters. The molecule has 1 saturated heterocycles. The number of nitrogens with zero attached hydrogens (tertiary/aromatic N) is 6. The Kier molecular flexibility index (Phi) is 5.09. The van der Waals surface area contributed by atoms with Crippen LogP contribution in [-0.4, -0.2) is 74.5 Å². The van der Waals surface area contributed by atoms with Crippen molar-refractivity contribution in [2.45, 2.75) is 19.4 Å². The number of aliphatic hydroxyl groups is 1. The van der Waals surface area contributed by atoms with Crippen LogP contribution in [0.25, 0.3) is 11.0 Å². The van der Waals surface area contributed by atoms with Crippen LogP contribution in [0.5, 0.6) is 0 Å². The van der Waals surface area contributed by atoms with Crippen LogP contribution < -0.4 is 10.6 Å². The van der Waals surface area contributed by atoms with Crippen LogP contribution in [0.4, 0.5) is 5.82 Å². The number of aryl methyl sites for hydroxylation is 1. The Bertz CT molecular complexity index is 713. The first-order chi connectivity index (χ1) is 11.7. The van der Waals surface area contributed by atoms with Crippen molar-refractivity contribution in [3.63, 3.8) is 0 Å². The number of hydrogen-bond acceptors (Lipinski definition) is 6. The summed E-state index contributed by atoms with van der Waals surface area (Å²) in [5.74, 6) is 1.62. The Labute approximate surface area is 140 Å². The lowest BCUT2D eigenvalue weighted by Crippen LogP contribution is -2.40. The van der Waals surface area contributed by atoms with E-state index >= 15 is 0 Å². The number of anilines is 1. The molecule has 0 saturated carbocycles. The highest BCUT2D eigenvalue weighted by Gasteiger charge is 2.22. The summed E-state index contributed by atoms with van der Waals surface area (Å²) < 4.78 is 1.72. The third kappa shape index (κ3) is 3.56. The molecule has 3 heterocycles. The molecule has 2 aromatic heterocycles. The summed E-state index contributed by atoms with van der Waals surface area (Å²) in [7, 11) is 1.86. The fourth-order valence-electron chi connectivity index (χ4n) is 2.80. The van der Waals surface area contributed by atoms with E-state index in [-0.39, 0.29) is 6.10 Å². The summed E-state index contributed by atoms with van der Waals surface area (Å²) in [6.07, 6.45) is 3.83. The standard InChI is InChI=1S/C15H24N8O/c1-3-16-15(23-7-4-11(24)9-23)18-6-5-17-13-12-8-21-22(2)14(12)20-10-19-13/h8,10-11,24H,3-7,9H2,1-2H3,(H,16,18)(H,17,19,20)/t11-/m1/s1. The highest BCUT2D eigenvalue weighted by molar-refractivity contribution is 5.86. The molecule has 0 aromatic carbocycles. The van der Waals surface area contributed by atoms with E-state index in [1.807, 2.05) is 14.0 Å². The number of hydrogen-bond donors (Lipinski definition) is 3. The zero-order chi connectivity index (χ0) is 16.9. The number of aliphatic hydroxyl groups excluding tert-OH is 1. The van der Waals surface area contributed by atoms with Crippen LogP contribution in [0.3, 0.4) is 0 Å². The number of β-amino-alcohol motifs (C(OH)–C–C–N with tert-alkyl or cyclic N) is 1. The molecular formula is C15H24N8O. The Balaban J connectivity index is 1.60. The molecule has 1 aliphatic heterocycles.